The van der Waals surface area contributed by atoms with Crippen LogP contribution in [0, 0.1) is 11.7 Å². The molecule has 94 valence electrons. The molecule has 0 unspecified atom stereocenters. The summed E-state index contributed by atoms with van der Waals surface area (Å²) >= 11 is 5.91. The van der Waals surface area contributed by atoms with Crippen LogP contribution in [0.4, 0.5) is 4.39 Å². The van der Waals surface area contributed by atoms with Crippen LogP contribution in [0.5, 0.6) is 0 Å². The van der Waals surface area contributed by atoms with E-state index in [4.69, 9.17) is 16.3 Å². The van der Waals surface area contributed by atoms with E-state index in [0.29, 0.717) is 11.6 Å². The van der Waals surface area contributed by atoms with E-state index in [1.54, 1.807) is 6.07 Å². The van der Waals surface area contributed by atoms with Gasteiger partial charge in [0.05, 0.1) is 6.61 Å². The standard InChI is InChI=1S/C13H17ClFNO/c14-13-7-12(15)4-3-11(13)8-16-5-6-17-9-10-1-2-10/h3-4,7,10,16H,1-2,5-6,8-9H2. The minimum Gasteiger partial charge on any atom is -0.380 e. The summed E-state index contributed by atoms with van der Waals surface area (Å²) in [6, 6.07) is 4.46. The van der Waals surface area contributed by atoms with Crippen LogP contribution < -0.4 is 5.32 Å². The number of ether oxygens (including phenoxy) is 1. The van der Waals surface area contributed by atoms with Crippen molar-refractivity contribution in [3.63, 3.8) is 0 Å². The summed E-state index contributed by atoms with van der Waals surface area (Å²) in [7, 11) is 0. The largest absolute Gasteiger partial charge is 0.380 e. The molecular formula is C13H17ClFNO. The molecule has 0 aromatic heterocycles. The van der Waals surface area contributed by atoms with Gasteiger partial charge in [-0.25, -0.2) is 4.39 Å². The van der Waals surface area contributed by atoms with E-state index in [1.165, 1.54) is 25.0 Å². The molecule has 0 atom stereocenters. The maximum Gasteiger partial charge on any atom is 0.124 e. The van der Waals surface area contributed by atoms with Crippen molar-refractivity contribution < 1.29 is 9.13 Å². The highest BCUT2D eigenvalue weighted by atomic mass is 35.5. The second-order valence-corrected chi connectivity index (χ2v) is 4.84. The van der Waals surface area contributed by atoms with Crippen molar-refractivity contribution in [2.45, 2.75) is 19.4 Å². The van der Waals surface area contributed by atoms with E-state index in [2.05, 4.69) is 5.32 Å². The summed E-state index contributed by atoms with van der Waals surface area (Å²) in [6.45, 7) is 3.04. The molecule has 0 amide bonds. The number of benzene rings is 1. The van der Waals surface area contributed by atoms with Gasteiger partial charge in [0.15, 0.2) is 0 Å². The van der Waals surface area contributed by atoms with Gasteiger partial charge >= 0.3 is 0 Å². The fraction of sp³-hybridized carbons (Fsp3) is 0.538. The van der Waals surface area contributed by atoms with Crippen LogP contribution in [0.1, 0.15) is 18.4 Å². The number of halogens is 2. The van der Waals surface area contributed by atoms with Gasteiger partial charge in [-0.15, -0.1) is 0 Å². The lowest BCUT2D eigenvalue weighted by Crippen LogP contribution is -2.20. The van der Waals surface area contributed by atoms with E-state index in [-0.39, 0.29) is 5.82 Å². The monoisotopic (exact) mass is 257 g/mol. The molecule has 1 fully saturated rings. The molecule has 4 heteroatoms. The number of nitrogens with one attached hydrogen (secondary N) is 1. The topological polar surface area (TPSA) is 21.3 Å². The molecule has 1 N–H and O–H groups in total. The Morgan fingerprint density at radius 3 is 2.94 bits per heavy atom. The van der Waals surface area contributed by atoms with Crippen LogP contribution in [-0.4, -0.2) is 19.8 Å². The quantitative estimate of drug-likeness (QED) is 0.759. The molecule has 0 heterocycles. The lowest BCUT2D eigenvalue weighted by Gasteiger charge is -2.07. The molecule has 1 aliphatic rings. The molecule has 1 saturated carbocycles. The molecule has 0 bridgehead atoms. The van der Waals surface area contributed by atoms with Crippen LogP contribution in [0.25, 0.3) is 0 Å². The van der Waals surface area contributed by atoms with Gasteiger partial charge in [-0.1, -0.05) is 17.7 Å². The summed E-state index contributed by atoms with van der Waals surface area (Å²) in [5.74, 6) is 0.507. The van der Waals surface area contributed by atoms with Gasteiger partial charge in [0, 0.05) is 24.7 Å². The van der Waals surface area contributed by atoms with E-state index in [1.807, 2.05) is 0 Å². The molecular weight excluding hydrogens is 241 g/mol. The predicted molar refractivity (Wildman–Crippen MR) is 66.7 cm³/mol. The van der Waals surface area contributed by atoms with E-state index >= 15 is 0 Å². The maximum absolute atomic E-state index is 12.8. The fourth-order valence-corrected chi connectivity index (χ4v) is 1.80. The van der Waals surface area contributed by atoms with Crippen LogP contribution in [-0.2, 0) is 11.3 Å². The predicted octanol–water partition coefficient (Wildman–Crippen LogP) is 3.00. The summed E-state index contributed by atoms with van der Waals surface area (Å²) in [6.07, 6.45) is 2.64. The van der Waals surface area contributed by atoms with Crippen molar-refractivity contribution in [2.75, 3.05) is 19.8 Å². The Hall–Kier alpha value is -0.640. The SMILES string of the molecule is Fc1ccc(CNCCOCC2CC2)c(Cl)c1. The van der Waals surface area contributed by atoms with Crippen LogP contribution in [0.2, 0.25) is 5.02 Å². The highest BCUT2D eigenvalue weighted by molar-refractivity contribution is 6.31. The first-order chi connectivity index (χ1) is 8.25. The molecule has 2 nitrogen and oxygen atoms in total. The first-order valence-electron chi connectivity index (χ1n) is 5.98. The molecule has 1 aromatic rings. The van der Waals surface area contributed by atoms with Crippen molar-refractivity contribution in [3.05, 3.63) is 34.6 Å². The third-order valence-corrected chi connectivity index (χ3v) is 3.16. The Kier molecular flexibility index (Phi) is 4.77. The highest BCUT2D eigenvalue weighted by Gasteiger charge is 2.20. The molecule has 17 heavy (non-hydrogen) atoms. The third kappa shape index (κ3) is 4.62. The average Bonchev–Trinajstić information content (AvgIpc) is 3.09. The van der Waals surface area contributed by atoms with Gasteiger partial charge < -0.3 is 10.1 Å². The minimum atomic E-state index is -0.300. The van der Waals surface area contributed by atoms with Crippen molar-refractivity contribution in [1.29, 1.82) is 0 Å². The normalized spacial score (nSPS) is 15.2. The molecule has 1 aromatic carbocycles. The highest BCUT2D eigenvalue weighted by Crippen LogP contribution is 2.28. The summed E-state index contributed by atoms with van der Waals surface area (Å²) in [5, 5.41) is 3.69. The van der Waals surface area contributed by atoms with Gasteiger partial charge in [0.1, 0.15) is 5.82 Å². The van der Waals surface area contributed by atoms with Crippen molar-refractivity contribution in [2.24, 2.45) is 5.92 Å². The van der Waals surface area contributed by atoms with E-state index < -0.39 is 0 Å². The third-order valence-electron chi connectivity index (χ3n) is 2.80. The van der Waals surface area contributed by atoms with E-state index in [9.17, 15) is 4.39 Å². The minimum absolute atomic E-state index is 0.300. The Labute approximate surface area is 106 Å². The Morgan fingerprint density at radius 2 is 2.24 bits per heavy atom. The van der Waals surface area contributed by atoms with Gasteiger partial charge in [0.2, 0.25) is 0 Å². The summed E-state index contributed by atoms with van der Waals surface area (Å²) in [4.78, 5) is 0. The zero-order valence-electron chi connectivity index (χ0n) is 9.72. The second kappa shape index (κ2) is 6.34. The molecule has 2 rings (SSSR count). The van der Waals surface area contributed by atoms with Crippen molar-refractivity contribution in [1.82, 2.24) is 5.32 Å². The van der Waals surface area contributed by atoms with Gasteiger partial charge in [0.25, 0.3) is 0 Å². The van der Waals surface area contributed by atoms with E-state index in [0.717, 1.165) is 31.2 Å². The van der Waals surface area contributed by atoms with Gasteiger partial charge in [-0.3, -0.25) is 0 Å². The van der Waals surface area contributed by atoms with Crippen molar-refractivity contribution >= 4 is 11.6 Å². The van der Waals surface area contributed by atoms with Crippen LogP contribution in [0.3, 0.4) is 0 Å². The molecule has 0 saturated heterocycles. The van der Waals surface area contributed by atoms with Gasteiger partial charge in [-0.2, -0.15) is 0 Å². The second-order valence-electron chi connectivity index (χ2n) is 4.43. The fourth-order valence-electron chi connectivity index (χ4n) is 1.57. The lowest BCUT2D eigenvalue weighted by atomic mass is 10.2. The zero-order chi connectivity index (χ0) is 12.1. The van der Waals surface area contributed by atoms with Crippen molar-refractivity contribution in [3.8, 4) is 0 Å². The first-order valence-corrected chi connectivity index (χ1v) is 6.36. The van der Waals surface area contributed by atoms with Gasteiger partial charge in [-0.05, 0) is 36.5 Å². The maximum atomic E-state index is 12.8. The average molecular weight is 258 g/mol. The Bertz CT molecular complexity index is 368. The first kappa shape index (κ1) is 12.8. The zero-order valence-corrected chi connectivity index (χ0v) is 10.5. The molecule has 0 spiro atoms. The smallest absolute Gasteiger partial charge is 0.124 e. The molecule has 1 aliphatic carbocycles. The summed E-state index contributed by atoms with van der Waals surface area (Å²) < 4.78 is 18.3. The number of hydrogen-bond donors (Lipinski definition) is 1. The number of hydrogen-bond acceptors (Lipinski definition) is 2. The molecule has 0 radical (unpaired) electrons. The Morgan fingerprint density at radius 1 is 1.41 bits per heavy atom. The lowest BCUT2D eigenvalue weighted by molar-refractivity contribution is 0.126. The Balaban J connectivity index is 1.60. The number of rotatable bonds is 7. The van der Waals surface area contributed by atoms with Crippen LogP contribution >= 0.6 is 11.6 Å². The molecule has 0 aliphatic heterocycles. The van der Waals surface area contributed by atoms with Crippen LogP contribution in [0.15, 0.2) is 18.2 Å². The summed E-state index contributed by atoms with van der Waals surface area (Å²) in [5.41, 5.74) is 0.912.